The highest BCUT2D eigenvalue weighted by Crippen LogP contribution is 2.18. The van der Waals surface area contributed by atoms with E-state index in [9.17, 15) is 0 Å². The highest BCUT2D eigenvalue weighted by Gasteiger charge is 2.14. The Balaban J connectivity index is 2.50. The summed E-state index contributed by atoms with van der Waals surface area (Å²) in [5, 5.41) is 3.40. The van der Waals surface area contributed by atoms with Crippen molar-refractivity contribution in [3.05, 3.63) is 18.2 Å². The molecular weight excluding hydrogens is 210 g/mol. The monoisotopic (exact) mass is 237 g/mol. The number of hydrogen-bond acceptors (Lipinski definition) is 2. The molecule has 3 heteroatoms. The summed E-state index contributed by atoms with van der Waals surface area (Å²) in [6, 6.07) is 0.411. The largest absolute Gasteiger partial charge is 0.334 e. The molecule has 3 nitrogen and oxygen atoms in total. The van der Waals surface area contributed by atoms with Crippen LogP contribution in [0.15, 0.2) is 12.4 Å². The number of hydrogen-bond donors (Lipinski definition) is 1. The molecule has 0 aliphatic carbocycles. The van der Waals surface area contributed by atoms with Gasteiger partial charge in [0, 0.05) is 18.9 Å². The topological polar surface area (TPSA) is 29.9 Å². The van der Waals surface area contributed by atoms with E-state index in [0.717, 1.165) is 13.0 Å². The third kappa shape index (κ3) is 4.50. The first kappa shape index (κ1) is 14.2. The normalized spacial score (nSPS) is 12.9. The molecule has 1 unspecified atom stereocenters. The van der Waals surface area contributed by atoms with Crippen LogP contribution in [0.2, 0.25) is 0 Å². The molecule has 0 bridgehead atoms. The molecule has 0 fully saturated rings. The number of aromatic nitrogens is 2. The lowest BCUT2D eigenvalue weighted by Crippen LogP contribution is -2.21. The Kier molecular flexibility index (Phi) is 6.94. The maximum atomic E-state index is 4.51. The second-order valence-corrected chi connectivity index (χ2v) is 4.67. The molecule has 0 saturated carbocycles. The molecular formula is C14H27N3. The quantitative estimate of drug-likeness (QED) is 0.666. The summed E-state index contributed by atoms with van der Waals surface area (Å²) in [5.41, 5.74) is 0. The smallest absolute Gasteiger partial charge is 0.125 e. The molecule has 0 aliphatic heterocycles. The lowest BCUT2D eigenvalue weighted by atomic mass is 10.1. The van der Waals surface area contributed by atoms with Crippen molar-refractivity contribution in [3.8, 4) is 0 Å². The van der Waals surface area contributed by atoms with Gasteiger partial charge in [-0.2, -0.15) is 0 Å². The average molecular weight is 237 g/mol. The van der Waals surface area contributed by atoms with Gasteiger partial charge in [-0.15, -0.1) is 0 Å². The number of aryl methyl sites for hydroxylation is 1. The molecule has 1 rings (SSSR count). The van der Waals surface area contributed by atoms with Crippen LogP contribution in [0.1, 0.15) is 64.2 Å². The van der Waals surface area contributed by atoms with Crippen LogP contribution in [-0.4, -0.2) is 16.6 Å². The molecule has 1 N–H and O–H groups in total. The zero-order valence-corrected chi connectivity index (χ0v) is 11.6. The van der Waals surface area contributed by atoms with E-state index in [1.807, 2.05) is 13.2 Å². The van der Waals surface area contributed by atoms with Crippen LogP contribution < -0.4 is 5.32 Å². The average Bonchev–Trinajstić information content (AvgIpc) is 2.78. The van der Waals surface area contributed by atoms with E-state index in [4.69, 9.17) is 0 Å². The fourth-order valence-electron chi connectivity index (χ4n) is 2.24. The van der Waals surface area contributed by atoms with E-state index in [1.165, 1.54) is 37.9 Å². The Morgan fingerprint density at radius 2 is 2.06 bits per heavy atom. The van der Waals surface area contributed by atoms with Crippen LogP contribution in [0.4, 0.5) is 0 Å². The first-order chi connectivity index (χ1) is 8.33. The Hall–Kier alpha value is -0.830. The Labute approximate surface area is 106 Å². The summed E-state index contributed by atoms with van der Waals surface area (Å²) < 4.78 is 2.28. The van der Waals surface area contributed by atoms with E-state index < -0.39 is 0 Å². The van der Waals surface area contributed by atoms with Crippen LogP contribution in [0.5, 0.6) is 0 Å². The molecule has 1 aromatic heterocycles. The predicted octanol–water partition coefficient (Wildman–Crippen LogP) is 3.52. The van der Waals surface area contributed by atoms with E-state index >= 15 is 0 Å². The number of rotatable bonds is 9. The highest BCUT2D eigenvalue weighted by atomic mass is 15.1. The molecule has 98 valence electrons. The van der Waals surface area contributed by atoms with Gasteiger partial charge in [-0.3, -0.25) is 0 Å². The maximum absolute atomic E-state index is 4.51. The van der Waals surface area contributed by atoms with Gasteiger partial charge in [0.1, 0.15) is 5.82 Å². The SMILES string of the molecule is CCCCCCC(NC)c1nccn1CCC. The van der Waals surface area contributed by atoms with Crippen molar-refractivity contribution in [2.24, 2.45) is 0 Å². The molecule has 0 saturated heterocycles. The fourth-order valence-corrected chi connectivity index (χ4v) is 2.24. The summed E-state index contributed by atoms with van der Waals surface area (Å²) in [7, 11) is 2.04. The maximum Gasteiger partial charge on any atom is 0.125 e. The first-order valence-electron chi connectivity index (χ1n) is 7.01. The fraction of sp³-hybridized carbons (Fsp3) is 0.786. The van der Waals surface area contributed by atoms with Crippen molar-refractivity contribution in [2.75, 3.05) is 7.05 Å². The van der Waals surface area contributed by atoms with E-state index in [-0.39, 0.29) is 0 Å². The van der Waals surface area contributed by atoms with Gasteiger partial charge in [0.25, 0.3) is 0 Å². The number of imidazole rings is 1. The molecule has 0 aliphatic rings. The van der Waals surface area contributed by atoms with Crippen molar-refractivity contribution in [3.63, 3.8) is 0 Å². The number of unbranched alkanes of at least 4 members (excludes halogenated alkanes) is 3. The molecule has 0 radical (unpaired) electrons. The van der Waals surface area contributed by atoms with Crippen LogP contribution >= 0.6 is 0 Å². The third-order valence-electron chi connectivity index (χ3n) is 3.22. The van der Waals surface area contributed by atoms with Crippen LogP contribution in [0.3, 0.4) is 0 Å². The van der Waals surface area contributed by atoms with Gasteiger partial charge in [-0.05, 0) is 19.9 Å². The summed E-state index contributed by atoms with van der Waals surface area (Å²) in [4.78, 5) is 4.51. The van der Waals surface area contributed by atoms with E-state index in [1.54, 1.807) is 0 Å². The summed E-state index contributed by atoms with van der Waals surface area (Å²) in [5.74, 6) is 1.20. The minimum absolute atomic E-state index is 0.411. The lowest BCUT2D eigenvalue weighted by Gasteiger charge is -2.17. The van der Waals surface area contributed by atoms with E-state index in [2.05, 4.69) is 34.9 Å². The Morgan fingerprint density at radius 3 is 2.71 bits per heavy atom. The van der Waals surface area contributed by atoms with Crippen molar-refractivity contribution >= 4 is 0 Å². The van der Waals surface area contributed by atoms with Gasteiger partial charge < -0.3 is 9.88 Å². The first-order valence-corrected chi connectivity index (χ1v) is 7.01. The predicted molar refractivity (Wildman–Crippen MR) is 73.1 cm³/mol. The molecule has 1 heterocycles. The molecule has 1 aromatic rings. The van der Waals surface area contributed by atoms with E-state index in [0.29, 0.717) is 6.04 Å². The third-order valence-corrected chi connectivity index (χ3v) is 3.22. The van der Waals surface area contributed by atoms with Gasteiger partial charge in [0.15, 0.2) is 0 Å². The Morgan fingerprint density at radius 1 is 1.24 bits per heavy atom. The zero-order chi connectivity index (χ0) is 12.5. The summed E-state index contributed by atoms with van der Waals surface area (Å²) in [6.45, 7) is 5.53. The van der Waals surface area contributed by atoms with Gasteiger partial charge in [-0.25, -0.2) is 4.98 Å². The van der Waals surface area contributed by atoms with Gasteiger partial charge in [-0.1, -0.05) is 39.5 Å². The number of nitrogens with zero attached hydrogens (tertiary/aromatic N) is 2. The molecule has 1 atom stereocenters. The summed E-state index contributed by atoms with van der Waals surface area (Å²) >= 11 is 0. The molecule has 0 amide bonds. The van der Waals surface area contributed by atoms with Crippen LogP contribution in [-0.2, 0) is 6.54 Å². The minimum Gasteiger partial charge on any atom is -0.334 e. The van der Waals surface area contributed by atoms with Gasteiger partial charge in [0.2, 0.25) is 0 Å². The summed E-state index contributed by atoms with van der Waals surface area (Å²) in [6.07, 6.45) is 11.6. The number of nitrogens with one attached hydrogen (secondary N) is 1. The van der Waals surface area contributed by atoms with Crippen molar-refractivity contribution in [2.45, 2.75) is 65.0 Å². The zero-order valence-electron chi connectivity index (χ0n) is 11.6. The molecule has 17 heavy (non-hydrogen) atoms. The standard InChI is InChI=1S/C14H27N3/c1-4-6-7-8-9-13(15-3)14-16-10-12-17(14)11-5-2/h10,12-13,15H,4-9,11H2,1-3H3. The lowest BCUT2D eigenvalue weighted by molar-refractivity contribution is 0.461. The van der Waals surface area contributed by atoms with Gasteiger partial charge in [0.05, 0.1) is 6.04 Å². The van der Waals surface area contributed by atoms with Crippen molar-refractivity contribution in [1.29, 1.82) is 0 Å². The van der Waals surface area contributed by atoms with Crippen LogP contribution in [0.25, 0.3) is 0 Å². The van der Waals surface area contributed by atoms with Gasteiger partial charge >= 0.3 is 0 Å². The molecule has 0 aromatic carbocycles. The minimum atomic E-state index is 0.411. The highest BCUT2D eigenvalue weighted by molar-refractivity contribution is 4.99. The second-order valence-electron chi connectivity index (χ2n) is 4.67. The second kappa shape index (κ2) is 8.29. The van der Waals surface area contributed by atoms with Crippen molar-refractivity contribution < 1.29 is 0 Å². The van der Waals surface area contributed by atoms with Crippen molar-refractivity contribution in [1.82, 2.24) is 14.9 Å². The van der Waals surface area contributed by atoms with Crippen LogP contribution in [0, 0.1) is 0 Å². The molecule has 0 spiro atoms. The Bertz CT molecular complexity index is 293.